The summed E-state index contributed by atoms with van der Waals surface area (Å²) in [7, 11) is 1.31. The zero-order valence-electron chi connectivity index (χ0n) is 8.26. The molecule has 0 aromatic heterocycles. The van der Waals surface area contributed by atoms with Crippen LogP contribution in [-0.4, -0.2) is 23.1 Å². The number of aliphatic carboxylic acids is 1. The second kappa shape index (κ2) is 4.79. The minimum absolute atomic E-state index is 0.103. The van der Waals surface area contributed by atoms with E-state index < -0.39 is 10.9 Å². The van der Waals surface area contributed by atoms with Crippen molar-refractivity contribution in [3.8, 4) is 17.6 Å². The number of nitro groups is 1. The largest absolute Gasteiger partial charge is 0.490 e. The number of ether oxygens (including phenoxy) is 1. The van der Waals surface area contributed by atoms with Gasteiger partial charge in [-0.05, 0) is 12.1 Å². The lowest BCUT2D eigenvalue weighted by molar-refractivity contribution is -0.385. The summed E-state index contributed by atoms with van der Waals surface area (Å²) in [5.41, 5.74) is -0.00501. The average Bonchev–Trinajstić information content (AvgIpc) is 2.25. The molecule has 1 rings (SSSR count). The van der Waals surface area contributed by atoms with Gasteiger partial charge in [0.2, 0.25) is 0 Å². The summed E-state index contributed by atoms with van der Waals surface area (Å²) in [6, 6.07) is 3.97. The van der Waals surface area contributed by atoms with E-state index in [1.807, 2.05) is 5.92 Å². The van der Waals surface area contributed by atoms with E-state index in [-0.39, 0.29) is 17.0 Å². The fourth-order valence-electron chi connectivity index (χ4n) is 1.04. The van der Waals surface area contributed by atoms with E-state index in [4.69, 9.17) is 9.84 Å². The van der Waals surface area contributed by atoms with Crippen molar-refractivity contribution >= 4 is 11.7 Å². The van der Waals surface area contributed by atoms with Crippen molar-refractivity contribution in [2.45, 2.75) is 0 Å². The summed E-state index contributed by atoms with van der Waals surface area (Å²) in [5.74, 6) is 2.96. The van der Waals surface area contributed by atoms with Gasteiger partial charge in [-0.3, -0.25) is 10.1 Å². The predicted octanol–water partition coefficient (Wildman–Crippen LogP) is 1.04. The van der Waals surface area contributed by atoms with Crippen molar-refractivity contribution in [3.05, 3.63) is 33.9 Å². The van der Waals surface area contributed by atoms with Gasteiger partial charge in [0, 0.05) is 17.6 Å². The Morgan fingerprint density at radius 1 is 1.56 bits per heavy atom. The first-order chi connectivity index (χ1) is 7.54. The number of carboxylic acid groups (broad SMARTS) is 1. The third-order valence-electron chi connectivity index (χ3n) is 1.69. The smallest absolute Gasteiger partial charge is 0.382 e. The lowest BCUT2D eigenvalue weighted by atomic mass is 10.2. The van der Waals surface area contributed by atoms with Crippen LogP contribution in [0.2, 0.25) is 0 Å². The molecule has 16 heavy (non-hydrogen) atoms. The monoisotopic (exact) mass is 221 g/mol. The molecule has 0 atom stereocenters. The van der Waals surface area contributed by atoms with E-state index in [9.17, 15) is 14.9 Å². The molecule has 0 unspecified atom stereocenters. The predicted molar refractivity (Wildman–Crippen MR) is 54.2 cm³/mol. The average molecular weight is 221 g/mol. The molecule has 1 N–H and O–H groups in total. The Balaban J connectivity index is 3.18. The molecular formula is C10H7NO5. The van der Waals surface area contributed by atoms with Crippen LogP contribution in [0, 0.1) is 22.0 Å². The Hall–Kier alpha value is -2.55. The highest BCUT2D eigenvalue weighted by Crippen LogP contribution is 2.26. The second-order valence-electron chi connectivity index (χ2n) is 2.70. The standard InChI is InChI=1S/C10H7NO5/c1-16-9-4-2-7(3-5-10(12)13)6-8(9)11(14)15/h2,4,6H,1H3,(H,12,13). The fourth-order valence-corrected chi connectivity index (χ4v) is 1.04. The molecule has 0 spiro atoms. The van der Waals surface area contributed by atoms with Crippen molar-refractivity contribution < 1.29 is 19.6 Å². The molecule has 1 aromatic rings. The highest BCUT2D eigenvalue weighted by molar-refractivity contribution is 5.87. The van der Waals surface area contributed by atoms with Crippen molar-refractivity contribution in [3.63, 3.8) is 0 Å². The van der Waals surface area contributed by atoms with Crippen molar-refractivity contribution in [2.24, 2.45) is 0 Å². The second-order valence-corrected chi connectivity index (χ2v) is 2.70. The molecule has 0 heterocycles. The molecule has 0 amide bonds. The van der Waals surface area contributed by atoms with E-state index in [1.54, 1.807) is 0 Å². The Morgan fingerprint density at radius 2 is 2.25 bits per heavy atom. The van der Waals surface area contributed by atoms with E-state index >= 15 is 0 Å². The minimum Gasteiger partial charge on any atom is -0.490 e. The SMILES string of the molecule is COc1ccc(C#CC(=O)O)cc1[N+](=O)[O-]. The summed E-state index contributed by atoms with van der Waals surface area (Å²) in [4.78, 5) is 20.2. The number of hydrogen-bond acceptors (Lipinski definition) is 4. The number of carboxylic acids is 1. The molecule has 0 saturated heterocycles. The van der Waals surface area contributed by atoms with Crippen LogP contribution >= 0.6 is 0 Å². The Labute approximate surface area is 90.6 Å². The maximum Gasteiger partial charge on any atom is 0.382 e. The van der Waals surface area contributed by atoms with Crippen LogP contribution in [0.15, 0.2) is 18.2 Å². The summed E-state index contributed by atoms with van der Waals surface area (Å²) in [5, 5.41) is 19.0. The minimum atomic E-state index is -1.29. The van der Waals surface area contributed by atoms with Crippen LogP contribution in [0.3, 0.4) is 0 Å². The number of benzene rings is 1. The highest BCUT2D eigenvalue weighted by atomic mass is 16.6. The molecular weight excluding hydrogens is 214 g/mol. The molecule has 0 saturated carbocycles. The molecule has 6 heteroatoms. The number of carbonyl (C=O) groups is 1. The van der Waals surface area contributed by atoms with E-state index in [0.717, 1.165) is 6.07 Å². The lowest BCUT2D eigenvalue weighted by Gasteiger charge is -2.00. The Kier molecular flexibility index (Phi) is 3.45. The molecule has 6 nitrogen and oxygen atoms in total. The van der Waals surface area contributed by atoms with Crippen LogP contribution < -0.4 is 4.74 Å². The van der Waals surface area contributed by atoms with E-state index in [1.165, 1.54) is 19.2 Å². The van der Waals surface area contributed by atoms with Gasteiger partial charge in [0.25, 0.3) is 0 Å². The first-order valence-electron chi connectivity index (χ1n) is 4.12. The highest BCUT2D eigenvalue weighted by Gasteiger charge is 2.14. The van der Waals surface area contributed by atoms with Gasteiger partial charge in [0.15, 0.2) is 5.75 Å². The fraction of sp³-hybridized carbons (Fsp3) is 0.100. The van der Waals surface area contributed by atoms with Gasteiger partial charge in [0.05, 0.1) is 12.0 Å². The zero-order valence-corrected chi connectivity index (χ0v) is 8.26. The van der Waals surface area contributed by atoms with Gasteiger partial charge in [-0.1, -0.05) is 5.92 Å². The van der Waals surface area contributed by atoms with Gasteiger partial charge < -0.3 is 9.84 Å². The number of nitrogens with zero attached hydrogens (tertiary/aromatic N) is 1. The first-order valence-corrected chi connectivity index (χ1v) is 4.12. The summed E-state index contributed by atoms with van der Waals surface area (Å²) >= 11 is 0. The maximum atomic E-state index is 10.6. The summed E-state index contributed by atoms with van der Waals surface area (Å²) in [6.45, 7) is 0. The number of nitro benzene ring substituents is 1. The Morgan fingerprint density at radius 3 is 2.75 bits per heavy atom. The number of hydrogen-bond donors (Lipinski definition) is 1. The van der Waals surface area contributed by atoms with Crippen molar-refractivity contribution in [1.82, 2.24) is 0 Å². The summed E-state index contributed by atoms with van der Waals surface area (Å²) in [6.07, 6.45) is 0. The quantitative estimate of drug-likeness (QED) is 0.457. The Bertz CT molecular complexity index is 498. The van der Waals surface area contributed by atoms with Crippen molar-refractivity contribution in [2.75, 3.05) is 7.11 Å². The lowest BCUT2D eigenvalue weighted by Crippen LogP contribution is -1.94. The number of methoxy groups -OCH3 is 1. The van der Waals surface area contributed by atoms with E-state index in [0.29, 0.717) is 0 Å². The van der Waals surface area contributed by atoms with Gasteiger partial charge >= 0.3 is 11.7 Å². The first kappa shape index (κ1) is 11.5. The molecule has 0 aliphatic rings. The molecule has 0 aliphatic heterocycles. The summed E-state index contributed by atoms with van der Waals surface area (Å²) < 4.78 is 4.78. The molecule has 0 radical (unpaired) electrons. The molecule has 0 aliphatic carbocycles. The van der Waals surface area contributed by atoms with Crippen LogP contribution in [0.1, 0.15) is 5.56 Å². The maximum absolute atomic E-state index is 10.6. The number of rotatable bonds is 2. The third-order valence-corrected chi connectivity index (χ3v) is 1.69. The van der Waals surface area contributed by atoms with Crippen molar-refractivity contribution in [1.29, 1.82) is 0 Å². The molecule has 82 valence electrons. The molecule has 0 fully saturated rings. The van der Waals surface area contributed by atoms with Crippen LogP contribution in [0.25, 0.3) is 0 Å². The van der Waals surface area contributed by atoms with Crippen LogP contribution in [-0.2, 0) is 4.79 Å². The zero-order chi connectivity index (χ0) is 12.1. The van der Waals surface area contributed by atoms with E-state index in [2.05, 4.69) is 5.92 Å². The molecule has 0 bridgehead atoms. The molecule has 1 aromatic carbocycles. The van der Waals surface area contributed by atoms with Gasteiger partial charge in [-0.25, -0.2) is 4.79 Å². The van der Waals surface area contributed by atoms with Crippen LogP contribution in [0.5, 0.6) is 5.75 Å². The van der Waals surface area contributed by atoms with Gasteiger partial charge in [-0.2, -0.15) is 0 Å². The van der Waals surface area contributed by atoms with Gasteiger partial charge in [-0.15, -0.1) is 0 Å². The van der Waals surface area contributed by atoms with Crippen LogP contribution in [0.4, 0.5) is 5.69 Å². The third kappa shape index (κ3) is 2.72. The van der Waals surface area contributed by atoms with Gasteiger partial charge in [0.1, 0.15) is 0 Å². The topological polar surface area (TPSA) is 89.7 Å². The normalized spacial score (nSPS) is 8.81.